The summed E-state index contributed by atoms with van der Waals surface area (Å²) >= 11 is 0. The van der Waals surface area contributed by atoms with Crippen molar-refractivity contribution in [2.75, 3.05) is 0 Å². The molecule has 0 aliphatic heterocycles. The number of hydrogen-bond donors (Lipinski definition) is 0. The number of hydrogen-bond acceptors (Lipinski definition) is 3. The molecular formula is C63H39N5. The molecule has 14 rings (SSSR count). The normalized spacial score (nSPS) is 11.8. The zero-order chi connectivity index (χ0) is 44.7. The number of aromatic nitrogens is 5. The van der Waals surface area contributed by atoms with Gasteiger partial charge in [-0.3, -0.25) is 0 Å². The Morgan fingerprint density at radius 3 is 1.26 bits per heavy atom. The van der Waals surface area contributed by atoms with Gasteiger partial charge in [-0.2, -0.15) is 0 Å². The summed E-state index contributed by atoms with van der Waals surface area (Å²) in [6.45, 7) is 0. The van der Waals surface area contributed by atoms with Crippen molar-refractivity contribution in [2.45, 2.75) is 0 Å². The zero-order valence-corrected chi connectivity index (χ0v) is 36.8. The molecule has 14 aromatic rings. The van der Waals surface area contributed by atoms with Crippen LogP contribution in [-0.2, 0) is 0 Å². The second-order valence-electron chi connectivity index (χ2n) is 17.6. The van der Waals surface area contributed by atoms with Crippen molar-refractivity contribution in [3.8, 4) is 56.7 Å². The molecule has 0 saturated heterocycles. The lowest BCUT2D eigenvalue weighted by Gasteiger charge is -2.17. The molecule has 0 radical (unpaired) electrons. The molecule has 0 fully saturated rings. The number of fused-ring (bicyclic) bond motifs is 12. The average Bonchev–Trinajstić information content (AvgIpc) is 3.94. The predicted molar refractivity (Wildman–Crippen MR) is 283 cm³/mol. The number of para-hydroxylation sites is 4. The minimum absolute atomic E-state index is 0.597. The molecule has 0 atom stereocenters. The Balaban J connectivity index is 1.05. The summed E-state index contributed by atoms with van der Waals surface area (Å²) < 4.78 is 4.88. The van der Waals surface area contributed by atoms with Crippen LogP contribution in [0.5, 0.6) is 0 Å². The first kappa shape index (κ1) is 38.1. The van der Waals surface area contributed by atoms with Crippen LogP contribution in [0.3, 0.4) is 0 Å². The van der Waals surface area contributed by atoms with E-state index >= 15 is 0 Å². The molecule has 0 spiro atoms. The van der Waals surface area contributed by atoms with E-state index in [0.717, 1.165) is 61.3 Å². The van der Waals surface area contributed by atoms with Crippen molar-refractivity contribution in [2.24, 2.45) is 0 Å². The maximum atomic E-state index is 5.42. The first-order valence-electron chi connectivity index (χ1n) is 23.1. The van der Waals surface area contributed by atoms with Crippen molar-refractivity contribution in [3.63, 3.8) is 0 Å². The highest BCUT2D eigenvalue weighted by molar-refractivity contribution is 6.25. The van der Waals surface area contributed by atoms with Crippen LogP contribution in [0.4, 0.5) is 0 Å². The highest BCUT2D eigenvalue weighted by atomic mass is 15.1. The summed E-state index contributed by atoms with van der Waals surface area (Å²) in [5.41, 5.74) is 11.6. The molecule has 0 amide bonds. The summed E-state index contributed by atoms with van der Waals surface area (Å²) in [6.07, 6.45) is 0. The summed E-state index contributed by atoms with van der Waals surface area (Å²) in [7, 11) is 0. The zero-order valence-electron chi connectivity index (χ0n) is 36.8. The SMILES string of the molecule is c1ccc(-c2cc(-c3nc(-c4ccccc4)nc(-c4ccc5c6ccccc6c6ccccc6c5c4)n3)cc(-n3c4ccccc4c4cccc(-n5c6ccccc6c6ccccc65)c43)c2)cc1. The molecule has 0 aliphatic carbocycles. The Bertz CT molecular complexity index is 4230. The molecule has 11 aromatic carbocycles. The summed E-state index contributed by atoms with van der Waals surface area (Å²) in [5.74, 6) is 1.83. The fourth-order valence-electron chi connectivity index (χ4n) is 10.7. The van der Waals surface area contributed by atoms with Gasteiger partial charge in [0.25, 0.3) is 0 Å². The quantitative estimate of drug-likeness (QED) is 0.156. The Labute approximate surface area is 391 Å². The number of nitrogens with zero attached hydrogens (tertiary/aromatic N) is 5. The standard InChI is InChI=1S/C63H39N5/c1-3-18-40(19-4-1)43-36-44(38-45(37-43)67-56-30-14-13-28-53(56)54-29-17-33-59(60(54)67)68-57-31-15-11-26-51(57)52-27-12-16-32-58(52)68)63-65-61(41-20-5-2-6-21-41)64-62(66-63)42-34-35-50-48-24-8-7-22-46(48)47-23-9-10-25-49(47)55(50)39-42/h1-39H. The van der Waals surface area contributed by atoms with Crippen LogP contribution in [0.25, 0.3) is 133 Å². The molecule has 0 aliphatic rings. The van der Waals surface area contributed by atoms with Gasteiger partial charge in [0.2, 0.25) is 0 Å². The maximum absolute atomic E-state index is 5.42. The minimum atomic E-state index is 0.597. The molecule has 68 heavy (non-hydrogen) atoms. The predicted octanol–water partition coefficient (Wildman–Crippen LogP) is 16.2. The van der Waals surface area contributed by atoms with Crippen LogP contribution in [0, 0.1) is 0 Å². The third kappa shape index (κ3) is 5.93. The topological polar surface area (TPSA) is 48.5 Å². The van der Waals surface area contributed by atoms with E-state index in [0.29, 0.717) is 17.5 Å². The summed E-state index contributed by atoms with van der Waals surface area (Å²) in [6, 6.07) is 84.6. The van der Waals surface area contributed by atoms with Gasteiger partial charge in [0.1, 0.15) is 0 Å². The van der Waals surface area contributed by atoms with Gasteiger partial charge in [-0.25, -0.2) is 15.0 Å². The van der Waals surface area contributed by atoms with Crippen molar-refractivity contribution in [1.29, 1.82) is 0 Å². The highest BCUT2D eigenvalue weighted by Crippen LogP contribution is 2.42. The molecule has 5 nitrogen and oxygen atoms in total. The molecule has 316 valence electrons. The van der Waals surface area contributed by atoms with Crippen LogP contribution in [0.1, 0.15) is 0 Å². The van der Waals surface area contributed by atoms with E-state index in [1.54, 1.807) is 0 Å². The largest absolute Gasteiger partial charge is 0.307 e. The third-order valence-electron chi connectivity index (χ3n) is 13.7. The first-order valence-corrected chi connectivity index (χ1v) is 23.1. The van der Waals surface area contributed by atoms with Crippen LogP contribution < -0.4 is 0 Å². The third-order valence-corrected chi connectivity index (χ3v) is 13.7. The fraction of sp³-hybridized carbons (Fsp3) is 0. The first-order chi connectivity index (χ1) is 33.7. The van der Waals surface area contributed by atoms with Crippen molar-refractivity contribution in [3.05, 3.63) is 237 Å². The van der Waals surface area contributed by atoms with Gasteiger partial charge < -0.3 is 9.13 Å². The molecule has 3 heterocycles. The van der Waals surface area contributed by atoms with Crippen molar-refractivity contribution in [1.82, 2.24) is 24.1 Å². The molecule has 0 N–H and O–H groups in total. The smallest absolute Gasteiger partial charge is 0.164 e. The van der Waals surface area contributed by atoms with E-state index in [-0.39, 0.29) is 0 Å². The Morgan fingerprint density at radius 2 is 0.662 bits per heavy atom. The monoisotopic (exact) mass is 865 g/mol. The lowest BCUT2D eigenvalue weighted by molar-refractivity contribution is 1.07. The van der Waals surface area contributed by atoms with Crippen LogP contribution in [0.15, 0.2) is 237 Å². The average molecular weight is 866 g/mol. The fourth-order valence-corrected chi connectivity index (χ4v) is 10.7. The number of rotatable bonds is 6. The Morgan fingerprint density at radius 1 is 0.235 bits per heavy atom. The summed E-state index contributed by atoms with van der Waals surface area (Å²) in [4.78, 5) is 16.0. The van der Waals surface area contributed by atoms with Crippen LogP contribution in [0.2, 0.25) is 0 Å². The summed E-state index contributed by atoms with van der Waals surface area (Å²) in [5, 5.41) is 12.1. The second kappa shape index (κ2) is 15.2. The van der Waals surface area contributed by atoms with E-state index in [2.05, 4.69) is 228 Å². The van der Waals surface area contributed by atoms with E-state index in [1.807, 2.05) is 18.2 Å². The lowest BCUT2D eigenvalue weighted by Crippen LogP contribution is -2.03. The van der Waals surface area contributed by atoms with Gasteiger partial charge >= 0.3 is 0 Å². The van der Waals surface area contributed by atoms with Gasteiger partial charge in [-0.05, 0) is 92.0 Å². The van der Waals surface area contributed by atoms with E-state index in [1.165, 1.54) is 53.9 Å². The van der Waals surface area contributed by atoms with Crippen molar-refractivity contribution >= 4 is 75.9 Å². The van der Waals surface area contributed by atoms with Gasteiger partial charge in [-0.15, -0.1) is 0 Å². The minimum Gasteiger partial charge on any atom is -0.307 e. The Hall–Kier alpha value is -9.19. The van der Waals surface area contributed by atoms with Gasteiger partial charge in [0, 0.05) is 43.9 Å². The van der Waals surface area contributed by atoms with Crippen LogP contribution >= 0.6 is 0 Å². The molecular weight excluding hydrogens is 827 g/mol. The van der Waals surface area contributed by atoms with E-state index in [9.17, 15) is 0 Å². The van der Waals surface area contributed by atoms with Gasteiger partial charge in [-0.1, -0.05) is 188 Å². The van der Waals surface area contributed by atoms with Gasteiger partial charge in [0.15, 0.2) is 17.5 Å². The van der Waals surface area contributed by atoms with E-state index < -0.39 is 0 Å². The van der Waals surface area contributed by atoms with E-state index in [4.69, 9.17) is 15.0 Å². The van der Waals surface area contributed by atoms with Crippen LogP contribution in [-0.4, -0.2) is 24.1 Å². The second-order valence-corrected chi connectivity index (χ2v) is 17.6. The maximum Gasteiger partial charge on any atom is 0.164 e. The van der Waals surface area contributed by atoms with Crippen molar-refractivity contribution < 1.29 is 0 Å². The lowest BCUT2D eigenvalue weighted by atomic mass is 9.93. The molecule has 0 saturated carbocycles. The molecule has 0 unspecified atom stereocenters. The molecule has 5 heteroatoms. The highest BCUT2D eigenvalue weighted by Gasteiger charge is 2.22. The number of benzene rings is 11. The Kier molecular flexibility index (Phi) is 8.52. The molecule has 0 bridgehead atoms. The van der Waals surface area contributed by atoms with Gasteiger partial charge in [0.05, 0.1) is 27.8 Å². The molecule has 3 aromatic heterocycles.